The lowest BCUT2D eigenvalue weighted by Crippen LogP contribution is -2.32. The summed E-state index contributed by atoms with van der Waals surface area (Å²) in [7, 11) is -3.95. The number of nitrogens with zero attached hydrogens (tertiary/aromatic N) is 1. The largest absolute Gasteiger partial charge is 0.416 e. The number of sulfonamides is 1. The molecule has 0 spiro atoms. The van der Waals surface area contributed by atoms with Crippen LogP contribution in [0.25, 0.3) is 0 Å². The predicted octanol–water partition coefficient (Wildman–Crippen LogP) is 3.82. The minimum Gasteiger partial charge on any atom is -0.299 e. The Morgan fingerprint density at radius 1 is 1.00 bits per heavy atom. The zero-order valence-corrected chi connectivity index (χ0v) is 16.2. The van der Waals surface area contributed by atoms with Gasteiger partial charge in [0.1, 0.15) is 0 Å². The lowest BCUT2D eigenvalue weighted by atomic mass is 10.00. The molecule has 1 aliphatic heterocycles. The Labute approximate surface area is 163 Å². The van der Waals surface area contributed by atoms with E-state index in [9.17, 15) is 21.6 Å². The highest BCUT2D eigenvalue weighted by atomic mass is 32.2. The Hall–Kier alpha value is -1.90. The molecule has 2 aromatic carbocycles. The van der Waals surface area contributed by atoms with Gasteiger partial charge in [0.15, 0.2) is 0 Å². The van der Waals surface area contributed by atoms with Gasteiger partial charge in [-0.15, -0.1) is 0 Å². The van der Waals surface area contributed by atoms with Crippen LogP contribution in [-0.2, 0) is 29.2 Å². The van der Waals surface area contributed by atoms with Gasteiger partial charge in [-0.1, -0.05) is 30.3 Å². The number of unbranched alkanes of at least 4 members (excludes halogenated alkanes) is 1. The van der Waals surface area contributed by atoms with Crippen LogP contribution in [0.5, 0.6) is 0 Å². The number of rotatable bonds is 7. The number of halogens is 3. The molecule has 8 heteroatoms. The second kappa shape index (κ2) is 8.63. The minimum absolute atomic E-state index is 0.197. The number of hydrogen-bond acceptors (Lipinski definition) is 3. The Morgan fingerprint density at radius 2 is 1.75 bits per heavy atom. The summed E-state index contributed by atoms with van der Waals surface area (Å²) in [5.41, 5.74) is 1.74. The Balaban J connectivity index is 1.45. The lowest BCUT2D eigenvalue weighted by molar-refractivity contribution is -0.137. The zero-order chi connectivity index (χ0) is 20.2. The van der Waals surface area contributed by atoms with Crippen LogP contribution in [0, 0.1) is 0 Å². The molecular weight excluding hydrogens is 389 g/mol. The van der Waals surface area contributed by atoms with Gasteiger partial charge in [0.05, 0.1) is 10.5 Å². The maximum absolute atomic E-state index is 12.8. The van der Waals surface area contributed by atoms with Gasteiger partial charge in [0.2, 0.25) is 10.0 Å². The van der Waals surface area contributed by atoms with E-state index >= 15 is 0 Å². The van der Waals surface area contributed by atoms with E-state index in [0.717, 1.165) is 44.6 Å². The maximum atomic E-state index is 12.8. The molecule has 4 nitrogen and oxygen atoms in total. The van der Waals surface area contributed by atoms with Gasteiger partial charge in [0, 0.05) is 19.6 Å². The highest BCUT2D eigenvalue weighted by Gasteiger charge is 2.31. The van der Waals surface area contributed by atoms with Crippen LogP contribution >= 0.6 is 0 Å². The summed E-state index contributed by atoms with van der Waals surface area (Å²) in [6.07, 6.45) is -2.12. The van der Waals surface area contributed by atoms with Gasteiger partial charge in [-0.3, -0.25) is 4.90 Å². The molecule has 0 amide bonds. The molecule has 1 N–H and O–H groups in total. The van der Waals surface area contributed by atoms with Crippen molar-refractivity contribution in [3.63, 3.8) is 0 Å². The molecule has 152 valence electrons. The molecule has 1 heterocycles. The molecule has 0 bridgehead atoms. The van der Waals surface area contributed by atoms with Crippen LogP contribution in [0.4, 0.5) is 13.2 Å². The van der Waals surface area contributed by atoms with E-state index in [0.29, 0.717) is 12.5 Å². The fourth-order valence-electron chi connectivity index (χ4n) is 3.33. The highest BCUT2D eigenvalue weighted by Crippen LogP contribution is 2.30. The van der Waals surface area contributed by atoms with E-state index in [4.69, 9.17) is 0 Å². The van der Waals surface area contributed by atoms with Crippen LogP contribution < -0.4 is 4.72 Å². The maximum Gasteiger partial charge on any atom is 0.416 e. The van der Waals surface area contributed by atoms with E-state index in [1.54, 1.807) is 0 Å². The summed E-state index contributed by atoms with van der Waals surface area (Å²) in [6, 6.07) is 12.1. The first kappa shape index (κ1) is 20.8. The fraction of sp³-hybridized carbons (Fsp3) is 0.400. The van der Waals surface area contributed by atoms with Crippen molar-refractivity contribution in [2.24, 2.45) is 0 Å². The van der Waals surface area contributed by atoms with Crippen LogP contribution in [0.15, 0.2) is 53.4 Å². The molecule has 3 rings (SSSR count). The number of fused-ring (bicyclic) bond motifs is 1. The van der Waals surface area contributed by atoms with E-state index < -0.39 is 21.8 Å². The number of hydrogen-bond donors (Lipinski definition) is 1. The molecule has 0 radical (unpaired) electrons. The first-order valence-corrected chi connectivity index (χ1v) is 10.7. The van der Waals surface area contributed by atoms with Crippen molar-refractivity contribution < 1.29 is 21.6 Å². The monoisotopic (exact) mass is 412 g/mol. The van der Waals surface area contributed by atoms with Crippen molar-refractivity contribution in [2.75, 3.05) is 19.6 Å². The average Bonchev–Trinajstić information content (AvgIpc) is 2.67. The number of nitrogens with one attached hydrogen (secondary N) is 1. The summed E-state index contributed by atoms with van der Waals surface area (Å²) < 4.78 is 65.1. The highest BCUT2D eigenvalue weighted by molar-refractivity contribution is 7.89. The number of alkyl halides is 3. The molecule has 28 heavy (non-hydrogen) atoms. The molecule has 0 aliphatic carbocycles. The quantitative estimate of drug-likeness (QED) is 0.704. The summed E-state index contributed by atoms with van der Waals surface area (Å²) in [5, 5.41) is 0. The van der Waals surface area contributed by atoms with E-state index in [1.807, 2.05) is 12.1 Å². The van der Waals surface area contributed by atoms with Crippen LogP contribution in [0.2, 0.25) is 0 Å². The van der Waals surface area contributed by atoms with Gasteiger partial charge in [-0.05, 0) is 55.1 Å². The Bertz CT molecular complexity index is 914. The lowest BCUT2D eigenvalue weighted by Gasteiger charge is -2.28. The molecule has 1 aliphatic rings. The van der Waals surface area contributed by atoms with Crippen molar-refractivity contribution in [3.05, 3.63) is 65.2 Å². The minimum atomic E-state index is -4.57. The third-order valence-electron chi connectivity index (χ3n) is 4.87. The van der Waals surface area contributed by atoms with Gasteiger partial charge < -0.3 is 0 Å². The van der Waals surface area contributed by atoms with Gasteiger partial charge >= 0.3 is 6.18 Å². The average molecular weight is 412 g/mol. The summed E-state index contributed by atoms with van der Waals surface area (Å²) in [5.74, 6) is 0. The smallest absolute Gasteiger partial charge is 0.299 e. The van der Waals surface area contributed by atoms with Crippen molar-refractivity contribution in [1.29, 1.82) is 0 Å². The first-order valence-electron chi connectivity index (χ1n) is 9.22. The third-order valence-corrected chi connectivity index (χ3v) is 6.33. The molecule has 0 atom stereocenters. The Morgan fingerprint density at radius 3 is 2.50 bits per heavy atom. The molecule has 2 aromatic rings. The molecule has 0 fully saturated rings. The molecule has 0 saturated heterocycles. The SMILES string of the molecule is O=S(=O)(NCCCCN1CCc2ccccc2C1)c1cccc(C(F)(F)F)c1. The van der Waals surface area contributed by atoms with E-state index in [1.165, 1.54) is 17.2 Å². The second-order valence-electron chi connectivity index (χ2n) is 6.93. The first-order chi connectivity index (χ1) is 13.3. The Kier molecular flexibility index (Phi) is 6.42. The fourth-order valence-corrected chi connectivity index (χ4v) is 4.45. The summed E-state index contributed by atoms with van der Waals surface area (Å²) in [4.78, 5) is 1.97. The van der Waals surface area contributed by atoms with Gasteiger partial charge in [-0.2, -0.15) is 13.2 Å². The molecule has 0 saturated carbocycles. The third kappa shape index (κ3) is 5.33. The summed E-state index contributed by atoms with van der Waals surface area (Å²) in [6.45, 7) is 2.93. The van der Waals surface area contributed by atoms with Gasteiger partial charge in [-0.25, -0.2) is 13.1 Å². The van der Waals surface area contributed by atoms with E-state index in [-0.39, 0.29) is 11.4 Å². The van der Waals surface area contributed by atoms with Crippen molar-refractivity contribution in [3.8, 4) is 0 Å². The standard InChI is InChI=1S/C20H23F3N2O2S/c21-20(22,23)18-8-5-9-19(14-18)28(26,27)24-11-3-4-12-25-13-10-16-6-1-2-7-17(16)15-25/h1-2,5-9,14,24H,3-4,10-13,15H2. The van der Waals surface area contributed by atoms with Gasteiger partial charge in [0.25, 0.3) is 0 Å². The zero-order valence-electron chi connectivity index (χ0n) is 15.4. The molecule has 0 unspecified atom stereocenters. The predicted molar refractivity (Wildman–Crippen MR) is 101 cm³/mol. The number of benzene rings is 2. The second-order valence-corrected chi connectivity index (χ2v) is 8.69. The van der Waals surface area contributed by atoms with Crippen molar-refractivity contribution in [1.82, 2.24) is 9.62 Å². The normalized spacial score (nSPS) is 15.4. The summed E-state index contributed by atoms with van der Waals surface area (Å²) >= 11 is 0. The van der Waals surface area contributed by atoms with Crippen LogP contribution in [0.1, 0.15) is 29.5 Å². The molecule has 0 aromatic heterocycles. The van der Waals surface area contributed by atoms with Crippen LogP contribution in [-0.4, -0.2) is 33.0 Å². The molecular formula is C20H23F3N2O2S. The van der Waals surface area contributed by atoms with E-state index in [2.05, 4.69) is 21.8 Å². The topological polar surface area (TPSA) is 49.4 Å². The van der Waals surface area contributed by atoms with Crippen molar-refractivity contribution in [2.45, 2.75) is 36.9 Å². The van der Waals surface area contributed by atoms with Crippen molar-refractivity contribution >= 4 is 10.0 Å². The van der Waals surface area contributed by atoms with Crippen LogP contribution in [0.3, 0.4) is 0 Å².